The maximum absolute atomic E-state index is 12.1. The Morgan fingerprint density at radius 3 is 2.36 bits per heavy atom. The number of ether oxygens (including phenoxy) is 2. The Labute approximate surface area is 147 Å². The first-order valence-corrected chi connectivity index (χ1v) is 8.20. The van der Waals surface area contributed by atoms with Crippen LogP contribution in [0, 0.1) is 0 Å². The van der Waals surface area contributed by atoms with Crippen molar-refractivity contribution in [2.24, 2.45) is 0 Å². The summed E-state index contributed by atoms with van der Waals surface area (Å²) in [7, 11) is 1.64. The zero-order chi connectivity index (χ0) is 17.6. The minimum Gasteiger partial charge on any atom is -0.497 e. The van der Waals surface area contributed by atoms with Gasteiger partial charge in [-0.05, 0) is 47.5 Å². The zero-order valence-corrected chi connectivity index (χ0v) is 14.4. The number of fused-ring (bicyclic) bond motifs is 1. The second-order valence-electron chi connectivity index (χ2n) is 5.86. The number of carbonyl (C=O) groups excluding carboxylic acids is 1. The first-order chi connectivity index (χ1) is 12.2. The van der Waals surface area contributed by atoms with Crippen LogP contribution in [0.25, 0.3) is 10.8 Å². The van der Waals surface area contributed by atoms with E-state index in [4.69, 9.17) is 9.47 Å². The number of methoxy groups -OCH3 is 1. The molecule has 0 aromatic heterocycles. The number of hydrogen-bond acceptors (Lipinski definition) is 3. The number of hydrogen-bond donors (Lipinski definition) is 1. The van der Waals surface area contributed by atoms with Crippen molar-refractivity contribution in [3.63, 3.8) is 0 Å². The van der Waals surface area contributed by atoms with E-state index >= 15 is 0 Å². The molecular formula is C21H21NO3. The molecule has 1 N–H and O–H groups in total. The predicted molar refractivity (Wildman–Crippen MR) is 99.0 cm³/mol. The third-order valence-corrected chi connectivity index (χ3v) is 4.07. The zero-order valence-electron chi connectivity index (χ0n) is 14.4. The van der Waals surface area contributed by atoms with Crippen molar-refractivity contribution < 1.29 is 14.3 Å². The third-order valence-electron chi connectivity index (χ3n) is 4.07. The van der Waals surface area contributed by atoms with Gasteiger partial charge in [0.2, 0.25) is 0 Å². The summed E-state index contributed by atoms with van der Waals surface area (Å²) in [4.78, 5) is 12.1. The summed E-state index contributed by atoms with van der Waals surface area (Å²) in [5.74, 6) is 1.30. The van der Waals surface area contributed by atoms with Gasteiger partial charge >= 0.3 is 0 Å². The van der Waals surface area contributed by atoms with Crippen LogP contribution in [-0.4, -0.2) is 19.6 Å². The fourth-order valence-corrected chi connectivity index (χ4v) is 2.68. The van der Waals surface area contributed by atoms with Crippen molar-refractivity contribution in [1.82, 2.24) is 5.32 Å². The molecule has 0 spiro atoms. The van der Waals surface area contributed by atoms with E-state index in [0.29, 0.717) is 5.75 Å². The molecule has 4 nitrogen and oxygen atoms in total. The summed E-state index contributed by atoms with van der Waals surface area (Å²) in [6.45, 7) is 1.93. The Morgan fingerprint density at radius 2 is 1.64 bits per heavy atom. The van der Waals surface area contributed by atoms with E-state index in [-0.39, 0.29) is 18.6 Å². The maximum Gasteiger partial charge on any atom is 0.258 e. The molecule has 1 amide bonds. The summed E-state index contributed by atoms with van der Waals surface area (Å²) >= 11 is 0. The van der Waals surface area contributed by atoms with Gasteiger partial charge in [-0.15, -0.1) is 0 Å². The fraction of sp³-hybridized carbons (Fsp3) is 0.190. The molecule has 128 valence electrons. The van der Waals surface area contributed by atoms with E-state index in [0.717, 1.165) is 22.1 Å². The van der Waals surface area contributed by atoms with Crippen LogP contribution in [0.1, 0.15) is 18.5 Å². The van der Waals surface area contributed by atoms with Gasteiger partial charge in [-0.1, -0.05) is 42.5 Å². The second-order valence-corrected chi connectivity index (χ2v) is 5.86. The lowest BCUT2D eigenvalue weighted by Gasteiger charge is -2.15. The molecule has 3 aromatic rings. The van der Waals surface area contributed by atoms with Gasteiger partial charge in [-0.25, -0.2) is 0 Å². The lowest BCUT2D eigenvalue weighted by Crippen LogP contribution is -2.31. The Bertz CT molecular complexity index is 861. The van der Waals surface area contributed by atoms with Crippen LogP contribution < -0.4 is 14.8 Å². The van der Waals surface area contributed by atoms with E-state index in [9.17, 15) is 4.79 Å². The molecule has 0 bridgehead atoms. The standard InChI is InChI=1S/C21H21NO3/c1-15(16-6-4-3-5-7-16)22-21(23)14-25-20-11-9-17-8-10-19(24-2)12-18(17)13-20/h3-13,15H,14H2,1-2H3,(H,22,23)/t15-/m0/s1. The minimum atomic E-state index is -0.151. The van der Waals surface area contributed by atoms with Crippen LogP contribution in [0.2, 0.25) is 0 Å². The highest BCUT2D eigenvalue weighted by atomic mass is 16.5. The normalized spacial score (nSPS) is 11.8. The largest absolute Gasteiger partial charge is 0.497 e. The average Bonchev–Trinajstić information content (AvgIpc) is 2.66. The fourth-order valence-electron chi connectivity index (χ4n) is 2.68. The highest BCUT2D eigenvalue weighted by Crippen LogP contribution is 2.25. The molecule has 3 rings (SSSR count). The molecule has 0 radical (unpaired) electrons. The quantitative estimate of drug-likeness (QED) is 0.737. The van der Waals surface area contributed by atoms with Crippen LogP contribution in [0.5, 0.6) is 11.5 Å². The number of rotatable bonds is 6. The molecule has 0 aliphatic carbocycles. The Hall–Kier alpha value is -3.01. The van der Waals surface area contributed by atoms with E-state index in [1.807, 2.05) is 73.7 Å². The molecule has 0 aliphatic rings. The van der Waals surface area contributed by atoms with E-state index in [1.54, 1.807) is 7.11 Å². The first-order valence-electron chi connectivity index (χ1n) is 8.20. The molecule has 0 heterocycles. The van der Waals surface area contributed by atoms with Gasteiger partial charge in [0, 0.05) is 0 Å². The van der Waals surface area contributed by atoms with Crippen LogP contribution in [-0.2, 0) is 4.79 Å². The van der Waals surface area contributed by atoms with Gasteiger partial charge in [0.15, 0.2) is 6.61 Å². The van der Waals surface area contributed by atoms with Gasteiger partial charge in [0.05, 0.1) is 13.2 Å². The van der Waals surface area contributed by atoms with E-state index in [2.05, 4.69) is 5.32 Å². The van der Waals surface area contributed by atoms with Crippen LogP contribution >= 0.6 is 0 Å². The molecular weight excluding hydrogens is 314 g/mol. The Morgan fingerprint density at radius 1 is 0.960 bits per heavy atom. The third kappa shape index (κ3) is 4.29. The molecule has 3 aromatic carbocycles. The highest BCUT2D eigenvalue weighted by Gasteiger charge is 2.10. The lowest BCUT2D eigenvalue weighted by molar-refractivity contribution is -0.123. The SMILES string of the molecule is COc1ccc2ccc(OCC(=O)N[C@@H](C)c3ccccc3)cc2c1. The second kappa shape index (κ2) is 7.71. The topological polar surface area (TPSA) is 47.6 Å². The van der Waals surface area contributed by atoms with Crippen LogP contribution in [0.15, 0.2) is 66.7 Å². The lowest BCUT2D eigenvalue weighted by atomic mass is 10.1. The number of nitrogens with one attached hydrogen (secondary N) is 1. The Kier molecular flexibility index (Phi) is 5.19. The van der Waals surface area contributed by atoms with Crippen molar-refractivity contribution >= 4 is 16.7 Å². The van der Waals surface area contributed by atoms with E-state index < -0.39 is 0 Å². The van der Waals surface area contributed by atoms with Gasteiger partial charge in [0.1, 0.15) is 11.5 Å². The van der Waals surface area contributed by atoms with Crippen molar-refractivity contribution in [1.29, 1.82) is 0 Å². The average molecular weight is 335 g/mol. The summed E-state index contributed by atoms with van der Waals surface area (Å²) in [6.07, 6.45) is 0. The number of amides is 1. The number of carbonyl (C=O) groups is 1. The maximum atomic E-state index is 12.1. The molecule has 1 atom stereocenters. The van der Waals surface area contributed by atoms with Crippen molar-refractivity contribution in [3.05, 3.63) is 72.3 Å². The van der Waals surface area contributed by atoms with Crippen molar-refractivity contribution in [2.75, 3.05) is 13.7 Å². The molecule has 0 saturated carbocycles. The highest BCUT2D eigenvalue weighted by molar-refractivity contribution is 5.85. The molecule has 0 fully saturated rings. The molecule has 0 aliphatic heterocycles. The number of benzene rings is 3. The smallest absolute Gasteiger partial charge is 0.258 e. The first kappa shape index (κ1) is 16.8. The monoisotopic (exact) mass is 335 g/mol. The predicted octanol–water partition coefficient (Wildman–Crippen LogP) is 4.10. The van der Waals surface area contributed by atoms with E-state index in [1.165, 1.54) is 0 Å². The molecule has 4 heteroatoms. The molecule has 25 heavy (non-hydrogen) atoms. The molecule has 0 saturated heterocycles. The van der Waals surface area contributed by atoms with Gasteiger partial charge in [-0.2, -0.15) is 0 Å². The van der Waals surface area contributed by atoms with Gasteiger partial charge < -0.3 is 14.8 Å². The van der Waals surface area contributed by atoms with Crippen molar-refractivity contribution in [3.8, 4) is 11.5 Å². The minimum absolute atomic E-state index is 0.0212. The summed E-state index contributed by atoms with van der Waals surface area (Å²) < 4.78 is 10.9. The summed E-state index contributed by atoms with van der Waals surface area (Å²) in [5, 5.41) is 5.04. The Balaban J connectivity index is 1.61. The van der Waals surface area contributed by atoms with Crippen LogP contribution in [0.3, 0.4) is 0 Å². The van der Waals surface area contributed by atoms with Crippen molar-refractivity contribution in [2.45, 2.75) is 13.0 Å². The van der Waals surface area contributed by atoms with Gasteiger partial charge in [0.25, 0.3) is 5.91 Å². The van der Waals surface area contributed by atoms with Crippen LogP contribution in [0.4, 0.5) is 0 Å². The summed E-state index contributed by atoms with van der Waals surface area (Å²) in [6, 6.07) is 21.4. The summed E-state index contributed by atoms with van der Waals surface area (Å²) in [5.41, 5.74) is 1.06. The van der Waals surface area contributed by atoms with Gasteiger partial charge in [-0.3, -0.25) is 4.79 Å². The molecule has 0 unspecified atom stereocenters.